The number of benzene rings is 1. The number of sulfonamides is 1. The predicted octanol–water partition coefficient (Wildman–Crippen LogP) is -0.484. The minimum atomic E-state index is -3.69. The van der Waals surface area contributed by atoms with Crippen LogP contribution in [-0.4, -0.2) is 20.9 Å². The predicted molar refractivity (Wildman–Crippen MR) is 67.9 cm³/mol. The lowest BCUT2D eigenvalue weighted by molar-refractivity contribution is -0.120. The molecule has 6 N–H and O–H groups in total. The van der Waals surface area contributed by atoms with Crippen molar-refractivity contribution in [2.75, 3.05) is 12.0 Å². The molecular weight excluding hydrogens is 256 g/mol. The number of hydrogen-bond acceptors (Lipinski definition) is 5. The second-order valence-corrected chi connectivity index (χ2v) is 5.20. The van der Waals surface area contributed by atoms with Crippen LogP contribution in [0.5, 0.6) is 0 Å². The van der Waals surface area contributed by atoms with Gasteiger partial charge in [0.05, 0.1) is 10.6 Å². The zero-order chi connectivity index (χ0) is 13.6. The lowest BCUT2D eigenvalue weighted by Crippen LogP contribution is -2.29. The third-order valence-corrected chi connectivity index (χ3v) is 3.07. The summed E-state index contributed by atoms with van der Waals surface area (Å²) in [6.07, 6.45) is 0.941. The summed E-state index contributed by atoms with van der Waals surface area (Å²) in [4.78, 5) is 11.3. The van der Waals surface area contributed by atoms with Crippen LogP contribution in [0.25, 0.3) is 0 Å². The third-order valence-electron chi connectivity index (χ3n) is 2.14. The van der Waals surface area contributed by atoms with Crippen LogP contribution in [0, 0.1) is 0 Å². The molecule has 0 aliphatic heterocycles. The molecule has 0 bridgehead atoms. The van der Waals surface area contributed by atoms with E-state index in [1.807, 2.05) is 0 Å². The Morgan fingerprint density at radius 3 is 2.33 bits per heavy atom. The van der Waals surface area contributed by atoms with Gasteiger partial charge in [0.15, 0.2) is 0 Å². The van der Waals surface area contributed by atoms with Gasteiger partial charge in [-0.15, -0.1) is 0 Å². The maximum atomic E-state index is 11.3. The molecule has 1 rings (SSSR count). The summed E-state index contributed by atoms with van der Waals surface area (Å²) < 4.78 is 22.0. The average molecular weight is 272 g/mol. The van der Waals surface area contributed by atoms with Crippen LogP contribution < -0.4 is 21.7 Å². The summed E-state index contributed by atoms with van der Waals surface area (Å²) in [5.74, 6) is -0.184. The summed E-state index contributed by atoms with van der Waals surface area (Å²) in [7, 11) is -3.69. The molecule has 0 radical (unpaired) electrons. The van der Waals surface area contributed by atoms with Crippen LogP contribution in [0.4, 0.5) is 5.69 Å². The quantitative estimate of drug-likeness (QED) is 0.520. The Hall–Kier alpha value is -1.64. The van der Waals surface area contributed by atoms with Gasteiger partial charge < -0.3 is 5.73 Å². The lowest BCUT2D eigenvalue weighted by atomic mass is 10.3. The zero-order valence-corrected chi connectivity index (χ0v) is 10.5. The van der Waals surface area contributed by atoms with Gasteiger partial charge in [-0.25, -0.2) is 13.6 Å². The fourth-order valence-electron chi connectivity index (χ4n) is 1.19. The minimum absolute atomic E-state index is 0.0162. The molecule has 0 atom stereocenters. The molecule has 1 aromatic carbocycles. The van der Waals surface area contributed by atoms with E-state index in [0.717, 1.165) is 0 Å². The highest BCUT2D eigenvalue weighted by molar-refractivity contribution is 7.89. The van der Waals surface area contributed by atoms with E-state index >= 15 is 0 Å². The molecule has 18 heavy (non-hydrogen) atoms. The molecule has 8 heteroatoms. The smallest absolute Gasteiger partial charge is 0.238 e. The van der Waals surface area contributed by atoms with E-state index in [1.165, 1.54) is 24.3 Å². The number of nitrogens with one attached hydrogen (secondary N) is 2. The van der Waals surface area contributed by atoms with Crippen LogP contribution >= 0.6 is 0 Å². The standard InChI is InChI=1S/C10H16N4O3S/c11-7-1-2-10(15)14-13-8-3-5-9(6-4-8)18(12,16)17/h3-6,13H,1-2,7,11H2,(H,14,15)(H2,12,16,17). The van der Waals surface area contributed by atoms with Gasteiger partial charge in [0.2, 0.25) is 15.9 Å². The molecule has 0 saturated carbocycles. The molecule has 1 amide bonds. The molecule has 0 fully saturated rings. The summed E-state index contributed by atoms with van der Waals surface area (Å²) in [5, 5.41) is 4.95. The number of nitrogens with two attached hydrogens (primary N) is 2. The fraction of sp³-hybridized carbons (Fsp3) is 0.300. The van der Waals surface area contributed by atoms with Crippen molar-refractivity contribution >= 4 is 21.6 Å². The monoisotopic (exact) mass is 272 g/mol. The fourth-order valence-corrected chi connectivity index (χ4v) is 1.71. The molecule has 1 aromatic rings. The average Bonchev–Trinajstić information content (AvgIpc) is 2.33. The SMILES string of the molecule is NCCCC(=O)NNc1ccc(S(N)(=O)=O)cc1. The number of carbonyl (C=O) groups excluding carboxylic acids is 1. The highest BCUT2D eigenvalue weighted by Crippen LogP contribution is 2.11. The second-order valence-electron chi connectivity index (χ2n) is 3.63. The van der Waals surface area contributed by atoms with Crippen LogP contribution in [0.3, 0.4) is 0 Å². The maximum absolute atomic E-state index is 11.3. The van der Waals surface area contributed by atoms with E-state index < -0.39 is 10.0 Å². The van der Waals surface area contributed by atoms with Gasteiger partial charge in [-0.1, -0.05) is 0 Å². The summed E-state index contributed by atoms with van der Waals surface area (Å²) >= 11 is 0. The Morgan fingerprint density at radius 1 is 1.22 bits per heavy atom. The zero-order valence-electron chi connectivity index (χ0n) is 9.72. The van der Waals surface area contributed by atoms with E-state index in [1.54, 1.807) is 0 Å². The van der Waals surface area contributed by atoms with Crippen molar-refractivity contribution < 1.29 is 13.2 Å². The number of hydrazine groups is 1. The number of anilines is 1. The normalized spacial score (nSPS) is 11.0. The second kappa shape index (κ2) is 6.34. The Kier molecular flexibility index (Phi) is 5.08. The van der Waals surface area contributed by atoms with E-state index in [4.69, 9.17) is 10.9 Å². The molecule has 0 saturated heterocycles. The molecule has 0 heterocycles. The van der Waals surface area contributed by atoms with E-state index in [0.29, 0.717) is 25.1 Å². The van der Waals surface area contributed by atoms with Gasteiger partial charge in [-0.3, -0.25) is 15.6 Å². The largest absolute Gasteiger partial charge is 0.330 e. The molecule has 0 aliphatic carbocycles. The van der Waals surface area contributed by atoms with E-state index in [2.05, 4.69) is 10.9 Å². The van der Waals surface area contributed by atoms with Crippen molar-refractivity contribution in [2.45, 2.75) is 17.7 Å². The Labute approximate surface area is 106 Å². The van der Waals surface area contributed by atoms with Crippen molar-refractivity contribution in [2.24, 2.45) is 10.9 Å². The first-order chi connectivity index (χ1) is 8.43. The number of amides is 1. The molecule has 7 nitrogen and oxygen atoms in total. The van der Waals surface area contributed by atoms with E-state index in [9.17, 15) is 13.2 Å². The van der Waals surface area contributed by atoms with Crippen molar-refractivity contribution in [1.29, 1.82) is 0 Å². The van der Waals surface area contributed by atoms with Crippen LogP contribution in [0.2, 0.25) is 0 Å². The summed E-state index contributed by atoms with van der Waals surface area (Å²) in [6.45, 7) is 0.455. The Bertz CT molecular complexity index is 498. The van der Waals surface area contributed by atoms with Crippen molar-refractivity contribution in [3.05, 3.63) is 24.3 Å². The minimum Gasteiger partial charge on any atom is -0.330 e. The van der Waals surface area contributed by atoms with Gasteiger partial charge in [0.25, 0.3) is 0 Å². The van der Waals surface area contributed by atoms with Gasteiger partial charge in [0, 0.05) is 6.42 Å². The van der Waals surface area contributed by atoms with Crippen LogP contribution in [-0.2, 0) is 14.8 Å². The highest BCUT2D eigenvalue weighted by atomic mass is 32.2. The first-order valence-corrected chi connectivity index (χ1v) is 6.86. The summed E-state index contributed by atoms with van der Waals surface area (Å²) in [5.41, 5.74) is 11.0. The van der Waals surface area contributed by atoms with Crippen LogP contribution in [0.1, 0.15) is 12.8 Å². The maximum Gasteiger partial charge on any atom is 0.238 e. The number of rotatable bonds is 6. The van der Waals surface area contributed by atoms with Crippen molar-refractivity contribution in [1.82, 2.24) is 5.43 Å². The number of carbonyl (C=O) groups is 1. The number of hydrogen-bond donors (Lipinski definition) is 4. The van der Waals surface area contributed by atoms with Gasteiger partial charge >= 0.3 is 0 Å². The van der Waals surface area contributed by atoms with Gasteiger partial charge in [-0.05, 0) is 37.2 Å². The molecule has 0 unspecified atom stereocenters. The molecule has 0 spiro atoms. The lowest BCUT2D eigenvalue weighted by Gasteiger charge is -2.08. The Balaban J connectivity index is 2.52. The number of primary sulfonamides is 1. The third kappa shape index (κ3) is 4.70. The van der Waals surface area contributed by atoms with Gasteiger partial charge in [-0.2, -0.15) is 0 Å². The molecule has 100 valence electrons. The topological polar surface area (TPSA) is 127 Å². The Morgan fingerprint density at radius 2 is 1.83 bits per heavy atom. The van der Waals surface area contributed by atoms with Crippen molar-refractivity contribution in [3.63, 3.8) is 0 Å². The summed E-state index contributed by atoms with van der Waals surface area (Å²) in [6, 6.07) is 5.71. The first-order valence-electron chi connectivity index (χ1n) is 5.31. The van der Waals surface area contributed by atoms with Crippen LogP contribution in [0.15, 0.2) is 29.2 Å². The van der Waals surface area contributed by atoms with Gasteiger partial charge in [0.1, 0.15) is 0 Å². The van der Waals surface area contributed by atoms with E-state index in [-0.39, 0.29) is 10.8 Å². The first kappa shape index (κ1) is 14.4. The molecule has 0 aromatic heterocycles. The molecule has 0 aliphatic rings. The highest BCUT2D eigenvalue weighted by Gasteiger charge is 2.06. The van der Waals surface area contributed by atoms with Crippen molar-refractivity contribution in [3.8, 4) is 0 Å². The molecular formula is C10H16N4O3S.